The monoisotopic (exact) mass is 490 g/mol. The summed E-state index contributed by atoms with van der Waals surface area (Å²) in [6, 6.07) is 7.70. The fraction of sp³-hybridized carbons (Fsp3) is 0.429. The summed E-state index contributed by atoms with van der Waals surface area (Å²) >= 11 is 1.49. The molecule has 1 aromatic heterocycles. The van der Waals surface area contributed by atoms with E-state index in [1.165, 1.54) is 11.3 Å². The van der Waals surface area contributed by atoms with E-state index in [0.717, 1.165) is 43.2 Å². The molecule has 3 rings (SSSR count). The van der Waals surface area contributed by atoms with E-state index in [-0.39, 0.29) is 5.91 Å². The van der Waals surface area contributed by atoms with Crippen LogP contribution in [0.4, 0.5) is 13.2 Å². The van der Waals surface area contributed by atoms with Crippen molar-refractivity contribution >= 4 is 23.2 Å². The van der Waals surface area contributed by atoms with Gasteiger partial charge in [-0.1, -0.05) is 12.1 Å². The molecule has 1 N–H and O–H groups in total. The summed E-state index contributed by atoms with van der Waals surface area (Å²) in [7, 11) is 4.86. The first-order chi connectivity index (χ1) is 15.6. The number of ether oxygens (including phenoxy) is 3. The third-order valence-corrected chi connectivity index (χ3v) is 5.67. The Morgan fingerprint density at radius 1 is 1.00 bits per heavy atom. The van der Waals surface area contributed by atoms with Gasteiger partial charge in [0.25, 0.3) is 5.91 Å². The van der Waals surface area contributed by atoms with E-state index in [1.807, 2.05) is 34.5 Å². The summed E-state index contributed by atoms with van der Waals surface area (Å²) in [6.45, 7) is 3.85. The Bertz CT molecular complexity index is 929. The van der Waals surface area contributed by atoms with Crippen molar-refractivity contribution < 1.29 is 42.1 Å². The van der Waals surface area contributed by atoms with Crippen LogP contribution in [0.1, 0.15) is 15.2 Å². The molecule has 0 spiro atoms. The van der Waals surface area contributed by atoms with Gasteiger partial charge >= 0.3 is 12.1 Å². The van der Waals surface area contributed by atoms with Crippen LogP contribution in [0.25, 0.3) is 0 Å². The number of alkyl halides is 3. The Morgan fingerprint density at radius 3 is 2.06 bits per heavy atom. The number of hydrogen-bond acceptors (Lipinski definition) is 7. The minimum Gasteiger partial charge on any atom is -0.493 e. The Labute approximate surface area is 193 Å². The average Bonchev–Trinajstić information content (AvgIpc) is 3.33. The predicted molar refractivity (Wildman–Crippen MR) is 115 cm³/mol. The van der Waals surface area contributed by atoms with Gasteiger partial charge in [-0.2, -0.15) is 13.2 Å². The van der Waals surface area contributed by atoms with E-state index in [2.05, 4.69) is 4.90 Å². The highest BCUT2D eigenvalue weighted by Crippen LogP contribution is 2.40. The Morgan fingerprint density at radius 2 is 1.61 bits per heavy atom. The van der Waals surface area contributed by atoms with Gasteiger partial charge in [0.1, 0.15) is 0 Å². The van der Waals surface area contributed by atoms with Crippen molar-refractivity contribution in [2.24, 2.45) is 0 Å². The molecule has 0 radical (unpaired) electrons. The first-order valence-electron chi connectivity index (χ1n) is 9.75. The van der Waals surface area contributed by atoms with Crippen LogP contribution in [0.15, 0.2) is 29.6 Å². The number of carbonyl (C=O) groups excluding carboxylic acids is 1. The molecule has 0 saturated carbocycles. The number of methoxy groups -OCH3 is 3. The van der Waals surface area contributed by atoms with Gasteiger partial charge in [0.15, 0.2) is 11.5 Å². The van der Waals surface area contributed by atoms with Crippen molar-refractivity contribution in [2.75, 3.05) is 47.5 Å². The van der Waals surface area contributed by atoms with Crippen LogP contribution >= 0.6 is 11.3 Å². The van der Waals surface area contributed by atoms with E-state index >= 15 is 0 Å². The second-order valence-corrected chi connectivity index (χ2v) is 7.79. The summed E-state index contributed by atoms with van der Waals surface area (Å²) < 4.78 is 48.1. The zero-order valence-corrected chi connectivity index (χ0v) is 19.2. The number of amides is 1. The van der Waals surface area contributed by atoms with E-state index in [0.29, 0.717) is 17.2 Å². The lowest BCUT2D eigenvalue weighted by molar-refractivity contribution is -0.192. The quantitative estimate of drug-likeness (QED) is 0.664. The first-order valence-corrected chi connectivity index (χ1v) is 10.6. The van der Waals surface area contributed by atoms with Gasteiger partial charge in [0, 0.05) is 38.3 Å². The van der Waals surface area contributed by atoms with Crippen LogP contribution in [-0.4, -0.2) is 80.5 Å². The predicted octanol–water partition coefficient (Wildman–Crippen LogP) is 3.37. The summed E-state index contributed by atoms with van der Waals surface area (Å²) in [5, 5.41) is 9.06. The molecule has 0 bridgehead atoms. The van der Waals surface area contributed by atoms with Crippen molar-refractivity contribution in [3.8, 4) is 17.2 Å². The van der Waals surface area contributed by atoms with Crippen molar-refractivity contribution in [1.82, 2.24) is 9.80 Å². The largest absolute Gasteiger partial charge is 0.493 e. The van der Waals surface area contributed by atoms with Gasteiger partial charge in [0.05, 0.1) is 26.2 Å². The zero-order valence-electron chi connectivity index (χ0n) is 18.3. The number of hydrogen-bond donors (Lipinski definition) is 1. The summed E-state index contributed by atoms with van der Waals surface area (Å²) in [6.07, 6.45) is -5.08. The molecule has 0 aliphatic carbocycles. The van der Waals surface area contributed by atoms with Gasteiger partial charge < -0.3 is 24.2 Å². The van der Waals surface area contributed by atoms with Crippen LogP contribution in [0.3, 0.4) is 0 Å². The second-order valence-electron chi connectivity index (χ2n) is 6.84. The van der Waals surface area contributed by atoms with Crippen LogP contribution in [0, 0.1) is 0 Å². The maximum atomic E-state index is 12.4. The van der Waals surface area contributed by atoms with Gasteiger partial charge in [-0.25, -0.2) is 4.79 Å². The SMILES string of the molecule is COc1ccc(CN2CCN(C(=O)c3cccs3)CC2)c(OC)c1OC.O=C(O)C(F)(F)F. The van der Waals surface area contributed by atoms with Crippen LogP contribution < -0.4 is 14.2 Å². The standard InChI is InChI=1S/C19H24N2O4S.C2HF3O2/c1-23-15-7-6-14(17(24-2)18(15)25-3)13-20-8-10-21(11-9-20)19(22)16-5-4-12-26-16;3-2(4,5)1(6)7/h4-7,12H,8-11,13H2,1-3H3;(H,6,7). The molecule has 1 aliphatic rings. The highest BCUT2D eigenvalue weighted by Gasteiger charge is 2.38. The third kappa shape index (κ3) is 6.99. The molecule has 1 fully saturated rings. The van der Waals surface area contributed by atoms with Crippen molar-refractivity contribution in [3.05, 3.63) is 40.1 Å². The zero-order chi connectivity index (χ0) is 24.6. The van der Waals surface area contributed by atoms with Gasteiger partial charge in [-0.15, -0.1) is 11.3 Å². The number of nitrogens with zero attached hydrogens (tertiary/aromatic N) is 2. The lowest BCUT2D eigenvalue weighted by Crippen LogP contribution is -2.48. The fourth-order valence-electron chi connectivity index (χ4n) is 3.19. The number of halogens is 3. The highest BCUT2D eigenvalue weighted by atomic mass is 32.1. The number of benzene rings is 1. The number of aliphatic carboxylic acids is 1. The Balaban J connectivity index is 0.000000479. The molecule has 182 valence electrons. The molecular formula is C21H25F3N2O6S. The minimum atomic E-state index is -5.08. The maximum Gasteiger partial charge on any atom is 0.490 e. The molecule has 1 amide bonds. The molecule has 0 unspecified atom stereocenters. The summed E-state index contributed by atoms with van der Waals surface area (Å²) in [4.78, 5) is 26.4. The Kier molecular flexibility index (Phi) is 9.35. The number of rotatable bonds is 6. The average molecular weight is 491 g/mol. The van der Waals surface area contributed by atoms with E-state index in [9.17, 15) is 18.0 Å². The lowest BCUT2D eigenvalue weighted by Gasteiger charge is -2.34. The van der Waals surface area contributed by atoms with E-state index < -0.39 is 12.1 Å². The van der Waals surface area contributed by atoms with Crippen molar-refractivity contribution in [1.29, 1.82) is 0 Å². The summed E-state index contributed by atoms with van der Waals surface area (Å²) in [5.74, 6) is -0.668. The van der Waals surface area contributed by atoms with Crippen LogP contribution in [0.2, 0.25) is 0 Å². The number of piperazine rings is 1. The molecule has 1 aromatic carbocycles. The van der Waals surface area contributed by atoms with E-state index in [1.54, 1.807) is 21.3 Å². The number of carbonyl (C=O) groups is 2. The van der Waals surface area contributed by atoms with Gasteiger partial charge in [-0.05, 0) is 17.5 Å². The van der Waals surface area contributed by atoms with Crippen LogP contribution in [0.5, 0.6) is 17.2 Å². The molecule has 8 nitrogen and oxygen atoms in total. The second kappa shape index (κ2) is 11.8. The third-order valence-electron chi connectivity index (χ3n) is 4.81. The Hall–Kier alpha value is -2.99. The molecule has 1 aliphatic heterocycles. The first kappa shape index (κ1) is 26.3. The molecule has 2 heterocycles. The smallest absolute Gasteiger partial charge is 0.490 e. The fourth-order valence-corrected chi connectivity index (χ4v) is 3.88. The highest BCUT2D eigenvalue weighted by molar-refractivity contribution is 7.12. The number of carboxylic acids is 1. The molecule has 2 aromatic rings. The molecule has 12 heteroatoms. The molecule has 0 atom stereocenters. The maximum absolute atomic E-state index is 12.4. The van der Waals surface area contributed by atoms with Crippen molar-refractivity contribution in [2.45, 2.75) is 12.7 Å². The minimum absolute atomic E-state index is 0.128. The van der Waals surface area contributed by atoms with E-state index in [4.69, 9.17) is 24.1 Å². The topological polar surface area (TPSA) is 88.5 Å². The molecular weight excluding hydrogens is 465 g/mol. The van der Waals surface area contributed by atoms with Gasteiger partial charge in [-0.3, -0.25) is 9.69 Å². The van der Waals surface area contributed by atoms with Gasteiger partial charge in [0.2, 0.25) is 5.75 Å². The number of carboxylic acid groups (broad SMARTS) is 1. The van der Waals surface area contributed by atoms with Crippen LogP contribution in [-0.2, 0) is 11.3 Å². The molecule has 33 heavy (non-hydrogen) atoms. The number of thiophene rings is 1. The lowest BCUT2D eigenvalue weighted by atomic mass is 10.1. The summed E-state index contributed by atoms with van der Waals surface area (Å²) in [5.41, 5.74) is 1.04. The molecule has 1 saturated heterocycles. The van der Waals surface area contributed by atoms with Crippen molar-refractivity contribution in [3.63, 3.8) is 0 Å². The normalized spacial score (nSPS) is 14.2.